The van der Waals surface area contributed by atoms with Crippen molar-refractivity contribution >= 4 is 21.7 Å². The van der Waals surface area contributed by atoms with Crippen LogP contribution in [0.2, 0.25) is 0 Å². The van der Waals surface area contributed by atoms with Gasteiger partial charge in [0.1, 0.15) is 5.82 Å². The molecule has 0 atom stereocenters. The molecule has 0 spiro atoms. The zero-order chi connectivity index (χ0) is 15.7. The summed E-state index contributed by atoms with van der Waals surface area (Å²) in [6, 6.07) is 3.65. The molecule has 0 unspecified atom stereocenters. The van der Waals surface area contributed by atoms with Gasteiger partial charge in [-0.3, -0.25) is 0 Å². The molecule has 7 nitrogen and oxygen atoms in total. The number of hydrogen-bond acceptors (Lipinski definition) is 5. The first kappa shape index (κ1) is 16.0. The first-order valence-corrected chi connectivity index (χ1v) is 8.37. The lowest BCUT2D eigenvalue weighted by atomic mass is 10.1. The molecule has 0 saturated carbocycles. The number of nitrogens with two attached hydrogens (primary N) is 1. The van der Waals surface area contributed by atoms with Crippen molar-refractivity contribution in [2.24, 2.45) is 0 Å². The summed E-state index contributed by atoms with van der Waals surface area (Å²) in [7, 11) is -3.44. The Labute approximate surface area is 126 Å². The Morgan fingerprint density at radius 2 is 1.81 bits per heavy atom. The predicted molar refractivity (Wildman–Crippen MR) is 84.2 cm³/mol. The van der Waals surface area contributed by atoms with Gasteiger partial charge in [0.25, 0.3) is 10.2 Å². The molecule has 0 bridgehead atoms. The summed E-state index contributed by atoms with van der Waals surface area (Å²) < 4.78 is 28.7. The standard InChI is InChI=1S/C13H23N5O2S/c1-13(2,3)16-21(19,20)18-8-6-17(7-9-18)12-5-4-11(14)10-15-12/h4-5,10,16H,6-9,14H2,1-3H3. The molecule has 1 aliphatic rings. The Balaban J connectivity index is 1.98. The van der Waals surface area contributed by atoms with E-state index in [1.54, 1.807) is 12.3 Å². The molecular formula is C13H23N5O2S. The lowest BCUT2D eigenvalue weighted by Gasteiger charge is -2.36. The van der Waals surface area contributed by atoms with Gasteiger partial charge in [0.15, 0.2) is 0 Å². The van der Waals surface area contributed by atoms with Crippen molar-refractivity contribution in [1.29, 1.82) is 0 Å². The van der Waals surface area contributed by atoms with Crippen molar-refractivity contribution < 1.29 is 8.42 Å². The maximum Gasteiger partial charge on any atom is 0.280 e. The van der Waals surface area contributed by atoms with E-state index in [0.717, 1.165) is 5.82 Å². The van der Waals surface area contributed by atoms with Gasteiger partial charge in [-0.25, -0.2) is 4.98 Å². The smallest absolute Gasteiger partial charge is 0.280 e. The second-order valence-electron chi connectivity index (χ2n) is 6.19. The van der Waals surface area contributed by atoms with Crippen LogP contribution in [0.3, 0.4) is 0 Å². The number of aromatic nitrogens is 1. The number of nitrogens with zero attached hydrogens (tertiary/aromatic N) is 3. The van der Waals surface area contributed by atoms with Crippen LogP contribution in [0, 0.1) is 0 Å². The molecule has 3 N–H and O–H groups in total. The Bertz CT molecular complexity index is 572. The van der Waals surface area contributed by atoms with E-state index >= 15 is 0 Å². The van der Waals surface area contributed by atoms with E-state index in [2.05, 4.69) is 14.6 Å². The van der Waals surface area contributed by atoms with Gasteiger partial charge in [-0.05, 0) is 32.9 Å². The number of piperazine rings is 1. The summed E-state index contributed by atoms with van der Waals surface area (Å²) in [5.41, 5.74) is 5.76. The lowest BCUT2D eigenvalue weighted by molar-refractivity contribution is 0.364. The van der Waals surface area contributed by atoms with Crippen LogP contribution < -0.4 is 15.4 Å². The summed E-state index contributed by atoms with van der Waals surface area (Å²) >= 11 is 0. The minimum atomic E-state index is -3.44. The molecule has 2 rings (SSSR count). The predicted octanol–water partition coefficient (Wildman–Crippen LogP) is 0.419. The van der Waals surface area contributed by atoms with Crippen molar-refractivity contribution in [2.45, 2.75) is 26.3 Å². The maximum absolute atomic E-state index is 12.3. The summed E-state index contributed by atoms with van der Waals surface area (Å²) in [6.45, 7) is 7.61. The highest BCUT2D eigenvalue weighted by atomic mass is 32.2. The molecule has 1 fully saturated rings. The lowest BCUT2D eigenvalue weighted by Crippen LogP contribution is -2.55. The molecule has 0 amide bonds. The minimum absolute atomic E-state index is 0.442. The zero-order valence-corrected chi connectivity index (χ0v) is 13.5. The number of anilines is 2. The summed E-state index contributed by atoms with van der Waals surface area (Å²) in [5.74, 6) is 0.824. The van der Waals surface area contributed by atoms with E-state index < -0.39 is 15.7 Å². The fraction of sp³-hybridized carbons (Fsp3) is 0.615. The van der Waals surface area contributed by atoms with Gasteiger partial charge in [-0.1, -0.05) is 0 Å². The van der Waals surface area contributed by atoms with Crippen LogP contribution >= 0.6 is 0 Å². The second kappa shape index (κ2) is 5.78. The monoisotopic (exact) mass is 313 g/mol. The quantitative estimate of drug-likeness (QED) is 0.844. The van der Waals surface area contributed by atoms with Crippen LogP contribution in [0.4, 0.5) is 11.5 Å². The van der Waals surface area contributed by atoms with Crippen molar-refractivity contribution in [2.75, 3.05) is 36.8 Å². The highest BCUT2D eigenvalue weighted by molar-refractivity contribution is 7.87. The van der Waals surface area contributed by atoms with Gasteiger partial charge in [-0.2, -0.15) is 17.4 Å². The second-order valence-corrected chi connectivity index (χ2v) is 7.86. The van der Waals surface area contributed by atoms with E-state index in [9.17, 15) is 8.42 Å². The summed E-state index contributed by atoms with van der Waals surface area (Å²) in [6.07, 6.45) is 1.61. The number of hydrogen-bond donors (Lipinski definition) is 2. The molecule has 8 heteroatoms. The molecule has 0 radical (unpaired) electrons. The van der Waals surface area contributed by atoms with Gasteiger partial charge >= 0.3 is 0 Å². The SMILES string of the molecule is CC(C)(C)NS(=O)(=O)N1CCN(c2ccc(N)cn2)CC1. The zero-order valence-electron chi connectivity index (χ0n) is 12.7. The Morgan fingerprint density at radius 1 is 1.19 bits per heavy atom. The first-order chi connectivity index (χ1) is 9.67. The molecule has 21 heavy (non-hydrogen) atoms. The van der Waals surface area contributed by atoms with Crippen LogP contribution in [0.5, 0.6) is 0 Å². The van der Waals surface area contributed by atoms with Crippen LogP contribution in [0.1, 0.15) is 20.8 Å². The first-order valence-electron chi connectivity index (χ1n) is 6.93. The third kappa shape index (κ3) is 4.29. The molecule has 1 aromatic heterocycles. The Morgan fingerprint density at radius 3 is 2.29 bits per heavy atom. The van der Waals surface area contributed by atoms with Gasteiger partial charge in [0.2, 0.25) is 0 Å². The third-order valence-corrected chi connectivity index (χ3v) is 5.02. The summed E-state index contributed by atoms with van der Waals surface area (Å²) in [5, 5.41) is 0. The highest BCUT2D eigenvalue weighted by Crippen LogP contribution is 2.16. The molecule has 118 valence electrons. The minimum Gasteiger partial charge on any atom is -0.397 e. The van der Waals surface area contributed by atoms with Gasteiger partial charge < -0.3 is 10.6 Å². The van der Waals surface area contributed by atoms with E-state index in [-0.39, 0.29) is 0 Å². The van der Waals surface area contributed by atoms with Crippen LogP contribution in [0.25, 0.3) is 0 Å². The number of pyridine rings is 1. The topological polar surface area (TPSA) is 91.6 Å². The van der Waals surface area contributed by atoms with Crippen molar-refractivity contribution in [3.8, 4) is 0 Å². The van der Waals surface area contributed by atoms with Gasteiger partial charge in [0, 0.05) is 31.7 Å². The van der Waals surface area contributed by atoms with Crippen molar-refractivity contribution in [3.05, 3.63) is 18.3 Å². The van der Waals surface area contributed by atoms with Crippen LogP contribution in [0.15, 0.2) is 18.3 Å². The third-order valence-electron chi connectivity index (χ3n) is 3.11. The van der Waals surface area contributed by atoms with E-state index in [1.807, 2.05) is 26.8 Å². The fourth-order valence-corrected chi connectivity index (χ4v) is 3.74. The van der Waals surface area contributed by atoms with Gasteiger partial charge in [0.05, 0.1) is 11.9 Å². The summed E-state index contributed by atoms with van der Waals surface area (Å²) in [4.78, 5) is 6.32. The molecule has 0 aliphatic carbocycles. The van der Waals surface area contributed by atoms with Crippen LogP contribution in [-0.2, 0) is 10.2 Å². The van der Waals surface area contributed by atoms with E-state index in [4.69, 9.17) is 5.73 Å². The van der Waals surface area contributed by atoms with E-state index in [0.29, 0.717) is 31.9 Å². The number of rotatable bonds is 3. The molecule has 0 aromatic carbocycles. The fourth-order valence-electron chi connectivity index (χ4n) is 2.19. The van der Waals surface area contributed by atoms with Crippen molar-refractivity contribution in [1.82, 2.24) is 14.0 Å². The number of nitrogens with one attached hydrogen (secondary N) is 1. The normalized spacial score (nSPS) is 18.0. The molecule has 2 heterocycles. The average Bonchev–Trinajstić information content (AvgIpc) is 2.37. The highest BCUT2D eigenvalue weighted by Gasteiger charge is 2.30. The molecule has 1 aromatic rings. The maximum atomic E-state index is 12.3. The molecule has 1 aliphatic heterocycles. The number of nitrogen functional groups attached to an aromatic ring is 1. The Hall–Kier alpha value is -1.38. The van der Waals surface area contributed by atoms with Gasteiger partial charge in [-0.15, -0.1) is 0 Å². The van der Waals surface area contributed by atoms with Crippen LogP contribution in [-0.4, -0.2) is 49.4 Å². The largest absolute Gasteiger partial charge is 0.397 e. The molecular weight excluding hydrogens is 290 g/mol. The van der Waals surface area contributed by atoms with Crippen molar-refractivity contribution in [3.63, 3.8) is 0 Å². The molecule has 1 saturated heterocycles. The average molecular weight is 313 g/mol. The van der Waals surface area contributed by atoms with E-state index in [1.165, 1.54) is 4.31 Å². The Kier molecular flexibility index (Phi) is 4.40.